The number of carbonyl (C=O) groups is 1. The highest BCUT2D eigenvalue weighted by molar-refractivity contribution is 5.87. The third kappa shape index (κ3) is 1.95. The van der Waals surface area contributed by atoms with Crippen molar-refractivity contribution in [2.45, 2.75) is 69.0 Å². The monoisotopic (exact) mass is 296 g/mol. The average Bonchev–Trinajstić information content (AvgIpc) is 3.31. The molecule has 0 aromatic heterocycles. The molecule has 21 heavy (non-hydrogen) atoms. The van der Waals surface area contributed by atoms with Crippen molar-refractivity contribution >= 4 is 5.78 Å². The van der Waals surface area contributed by atoms with Gasteiger partial charge >= 0.3 is 0 Å². The number of epoxide rings is 2. The first-order valence-corrected chi connectivity index (χ1v) is 7.54. The number of allylic oxidation sites excluding steroid dienone is 1. The van der Waals surface area contributed by atoms with E-state index in [2.05, 4.69) is 6.08 Å². The van der Waals surface area contributed by atoms with Gasteiger partial charge in [-0.15, -0.1) is 0 Å². The van der Waals surface area contributed by atoms with Crippen LogP contribution in [0, 0.1) is 0 Å². The van der Waals surface area contributed by atoms with E-state index in [1.54, 1.807) is 0 Å². The van der Waals surface area contributed by atoms with Gasteiger partial charge in [0.15, 0.2) is 11.4 Å². The van der Waals surface area contributed by atoms with E-state index in [0.717, 1.165) is 6.42 Å². The molecular formula is C16H24O5. The van der Waals surface area contributed by atoms with Crippen LogP contribution >= 0.6 is 0 Å². The Morgan fingerprint density at radius 3 is 2.71 bits per heavy atom. The number of rotatable bonds is 4. The number of methoxy groups -OCH3 is 1. The Hall–Kier alpha value is -0.750. The zero-order valence-corrected chi connectivity index (χ0v) is 13.1. The van der Waals surface area contributed by atoms with Crippen LogP contribution in [0.3, 0.4) is 0 Å². The minimum absolute atomic E-state index is 0.0705. The summed E-state index contributed by atoms with van der Waals surface area (Å²) in [6.07, 6.45) is 2.75. The molecule has 0 unspecified atom stereocenters. The molecule has 5 heteroatoms. The second-order valence-electron chi connectivity index (χ2n) is 6.86. The van der Waals surface area contributed by atoms with Crippen LogP contribution in [0.1, 0.15) is 40.0 Å². The first-order chi connectivity index (χ1) is 9.81. The van der Waals surface area contributed by atoms with Gasteiger partial charge in [0.2, 0.25) is 0 Å². The third-order valence-electron chi connectivity index (χ3n) is 5.31. The third-order valence-corrected chi connectivity index (χ3v) is 5.31. The van der Waals surface area contributed by atoms with Gasteiger partial charge in [-0.1, -0.05) is 11.6 Å². The van der Waals surface area contributed by atoms with Crippen LogP contribution in [0.25, 0.3) is 0 Å². The molecule has 0 aromatic carbocycles. The van der Waals surface area contributed by atoms with E-state index in [1.165, 1.54) is 12.7 Å². The molecule has 0 radical (unpaired) electrons. The SMILES string of the molecule is CO[C@H]1C(=O)CC[C@]2(CO2)[C@]1(O)[C@@]1(C)O[C@@H]1CC=C(C)C. The maximum absolute atomic E-state index is 12.2. The molecule has 1 N–H and O–H groups in total. The van der Waals surface area contributed by atoms with E-state index < -0.39 is 22.9 Å². The zero-order valence-electron chi connectivity index (χ0n) is 13.1. The minimum atomic E-state index is -1.41. The van der Waals surface area contributed by atoms with E-state index in [4.69, 9.17) is 14.2 Å². The molecule has 3 rings (SSSR count). The lowest BCUT2D eigenvalue weighted by atomic mass is 9.65. The summed E-state index contributed by atoms with van der Waals surface area (Å²) in [5, 5.41) is 11.4. The van der Waals surface area contributed by atoms with Gasteiger partial charge in [0, 0.05) is 13.5 Å². The molecule has 0 aromatic rings. The van der Waals surface area contributed by atoms with Crippen LogP contribution in [-0.2, 0) is 19.0 Å². The summed E-state index contributed by atoms with van der Waals surface area (Å²) < 4.78 is 16.8. The van der Waals surface area contributed by atoms with E-state index in [-0.39, 0.29) is 11.9 Å². The van der Waals surface area contributed by atoms with Crippen molar-refractivity contribution in [3.05, 3.63) is 11.6 Å². The largest absolute Gasteiger partial charge is 0.380 e. The van der Waals surface area contributed by atoms with Crippen molar-refractivity contribution in [1.29, 1.82) is 0 Å². The van der Waals surface area contributed by atoms with Gasteiger partial charge in [0.25, 0.3) is 0 Å². The van der Waals surface area contributed by atoms with E-state index in [9.17, 15) is 9.90 Å². The summed E-state index contributed by atoms with van der Waals surface area (Å²) in [5.41, 5.74) is -1.69. The fourth-order valence-electron chi connectivity index (χ4n) is 3.80. The highest BCUT2D eigenvalue weighted by atomic mass is 16.7. The Balaban J connectivity index is 1.90. The number of Topliss-reactive ketones (excluding diaryl/α,β-unsaturated/α-hetero) is 1. The molecular weight excluding hydrogens is 272 g/mol. The maximum Gasteiger partial charge on any atom is 0.164 e. The van der Waals surface area contributed by atoms with Crippen LogP contribution < -0.4 is 0 Å². The van der Waals surface area contributed by atoms with Crippen molar-refractivity contribution < 1.29 is 24.1 Å². The molecule has 1 spiro atoms. The molecule has 5 nitrogen and oxygen atoms in total. The Morgan fingerprint density at radius 2 is 2.19 bits per heavy atom. The first-order valence-electron chi connectivity index (χ1n) is 7.54. The number of hydrogen-bond acceptors (Lipinski definition) is 5. The summed E-state index contributed by atoms with van der Waals surface area (Å²) in [6, 6.07) is 0. The van der Waals surface area contributed by atoms with Crippen molar-refractivity contribution in [1.82, 2.24) is 0 Å². The Morgan fingerprint density at radius 1 is 1.52 bits per heavy atom. The highest BCUT2D eigenvalue weighted by Gasteiger charge is 2.81. The smallest absolute Gasteiger partial charge is 0.164 e. The van der Waals surface area contributed by atoms with Crippen LogP contribution in [0.2, 0.25) is 0 Å². The lowest BCUT2D eigenvalue weighted by Crippen LogP contribution is -2.69. The number of hydrogen-bond donors (Lipinski definition) is 1. The van der Waals surface area contributed by atoms with Crippen molar-refractivity contribution in [3.63, 3.8) is 0 Å². The number of ether oxygens (including phenoxy) is 3. The molecule has 3 aliphatic rings. The molecule has 0 amide bonds. The van der Waals surface area contributed by atoms with Crippen LogP contribution in [-0.4, -0.2) is 53.6 Å². The summed E-state index contributed by atoms with van der Waals surface area (Å²) in [7, 11) is 1.46. The van der Waals surface area contributed by atoms with Crippen LogP contribution in [0.4, 0.5) is 0 Å². The summed E-state index contributed by atoms with van der Waals surface area (Å²) in [5.74, 6) is -0.0705. The van der Waals surface area contributed by atoms with Crippen LogP contribution in [0.15, 0.2) is 11.6 Å². The molecule has 2 heterocycles. The fraction of sp³-hybridized carbons (Fsp3) is 0.812. The highest BCUT2D eigenvalue weighted by Crippen LogP contribution is 2.61. The standard InChI is InChI=1S/C16H24O5/c1-10(2)5-6-12-14(3,21-12)16(18)13(19-4)11(17)7-8-15(16)9-20-15/h5,12-13,18H,6-9H2,1-4H3/t12-,13+,14+,15+,16-/m1/s1. The number of aliphatic hydroxyl groups is 1. The lowest BCUT2D eigenvalue weighted by Gasteiger charge is -2.45. The van der Waals surface area contributed by atoms with Gasteiger partial charge < -0.3 is 19.3 Å². The van der Waals surface area contributed by atoms with Crippen molar-refractivity contribution in [2.75, 3.05) is 13.7 Å². The summed E-state index contributed by atoms with van der Waals surface area (Å²) in [6.45, 7) is 6.39. The van der Waals surface area contributed by atoms with E-state index >= 15 is 0 Å². The van der Waals surface area contributed by atoms with Gasteiger partial charge in [-0.3, -0.25) is 4.79 Å². The molecule has 3 fully saturated rings. The van der Waals surface area contributed by atoms with Gasteiger partial charge in [0.05, 0.1) is 12.7 Å². The molecule has 118 valence electrons. The molecule has 2 saturated heterocycles. The average molecular weight is 296 g/mol. The second kappa shape index (κ2) is 4.62. The minimum Gasteiger partial charge on any atom is -0.380 e. The molecule has 1 saturated carbocycles. The lowest BCUT2D eigenvalue weighted by molar-refractivity contribution is -0.193. The normalized spacial score (nSPS) is 48.3. The number of ketones is 1. The zero-order chi connectivity index (χ0) is 15.5. The van der Waals surface area contributed by atoms with Crippen molar-refractivity contribution in [3.8, 4) is 0 Å². The molecule has 1 aliphatic carbocycles. The quantitative estimate of drug-likeness (QED) is 0.627. The summed E-state index contributed by atoms with van der Waals surface area (Å²) in [4.78, 5) is 12.2. The predicted octanol–water partition coefficient (Wildman–Crippen LogP) is 1.38. The van der Waals surface area contributed by atoms with Crippen molar-refractivity contribution in [2.24, 2.45) is 0 Å². The van der Waals surface area contributed by atoms with Gasteiger partial charge in [0.1, 0.15) is 17.3 Å². The Bertz CT molecular complexity index is 491. The van der Waals surface area contributed by atoms with Gasteiger partial charge in [-0.05, 0) is 33.6 Å². The van der Waals surface area contributed by atoms with E-state index in [0.29, 0.717) is 19.4 Å². The Kier molecular flexibility index (Phi) is 3.34. The van der Waals surface area contributed by atoms with Gasteiger partial charge in [-0.2, -0.15) is 0 Å². The molecule has 5 atom stereocenters. The summed E-state index contributed by atoms with van der Waals surface area (Å²) >= 11 is 0. The van der Waals surface area contributed by atoms with Gasteiger partial charge in [-0.25, -0.2) is 0 Å². The number of carbonyl (C=O) groups excluding carboxylic acids is 1. The first kappa shape index (κ1) is 15.2. The maximum atomic E-state index is 12.2. The molecule has 0 bridgehead atoms. The van der Waals surface area contributed by atoms with E-state index in [1.807, 2.05) is 20.8 Å². The molecule has 2 aliphatic heterocycles. The van der Waals surface area contributed by atoms with Crippen LogP contribution in [0.5, 0.6) is 0 Å². The fourth-order valence-corrected chi connectivity index (χ4v) is 3.80. The predicted molar refractivity (Wildman–Crippen MR) is 76.0 cm³/mol. The second-order valence-corrected chi connectivity index (χ2v) is 6.86. The Labute approximate surface area is 125 Å². The topological polar surface area (TPSA) is 71.6 Å².